The largest absolute Gasteiger partial charge is 0.497 e. The van der Waals surface area contributed by atoms with Crippen LogP contribution in [0.15, 0.2) is 18.2 Å². The van der Waals surface area contributed by atoms with Crippen molar-refractivity contribution >= 4 is 12.4 Å². The fourth-order valence-electron chi connectivity index (χ4n) is 3.46. The van der Waals surface area contributed by atoms with Crippen LogP contribution in [-0.4, -0.2) is 37.7 Å². The van der Waals surface area contributed by atoms with Crippen LogP contribution in [0.5, 0.6) is 5.75 Å². The third kappa shape index (κ3) is 2.80. The van der Waals surface area contributed by atoms with Crippen LogP contribution in [0.3, 0.4) is 0 Å². The van der Waals surface area contributed by atoms with Crippen molar-refractivity contribution in [2.24, 2.45) is 0 Å². The third-order valence-corrected chi connectivity index (χ3v) is 4.37. The maximum Gasteiger partial charge on any atom is 0.119 e. The number of methoxy groups -OCH3 is 1. The average molecular weight is 298 g/mol. The van der Waals surface area contributed by atoms with Gasteiger partial charge in [-0.3, -0.25) is 4.90 Å². The summed E-state index contributed by atoms with van der Waals surface area (Å²) in [7, 11) is 1.73. The first-order valence-electron chi connectivity index (χ1n) is 7.36. The Kier molecular flexibility index (Phi) is 5.30. The molecule has 20 heavy (non-hydrogen) atoms. The number of halogens is 1. The highest BCUT2D eigenvalue weighted by molar-refractivity contribution is 5.85. The summed E-state index contributed by atoms with van der Waals surface area (Å²) in [5.41, 5.74) is 2.77. The van der Waals surface area contributed by atoms with Crippen LogP contribution in [0, 0.1) is 0 Å². The Bertz CT molecular complexity index is 450. The van der Waals surface area contributed by atoms with Gasteiger partial charge in [0.15, 0.2) is 0 Å². The first-order chi connectivity index (χ1) is 9.33. The van der Waals surface area contributed by atoms with Crippen LogP contribution in [0.2, 0.25) is 0 Å². The van der Waals surface area contributed by atoms with Gasteiger partial charge in [0.05, 0.1) is 19.8 Å². The molecule has 1 aromatic rings. The minimum atomic E-state index is 0. The summed E-state index contributed by atoms with van der Waals surface area (Å²) in [6.07, 6.45) is 3.82. The molecule has 3 rings (SSSR count). The topological polar surface area (TPSA) is 21.7 Å². The molecule has 1 aliphatic heterocycles. The molecule has 1 saturated heterocycles. The summed E-state index contributed by atoms with van der Waals surface area (Å²) in [5.74, 6) is 0.940. The maximum atomic E-state index is 6.09. The Hall–Kier alpha value is -0.770. The molecule has 1 aliphatic carbocycles. The van der Waals surface area contributed by atoms with Crippen molar-refractivity contribution in [2.45, 2.75) is 38.3 Å². The van der Waals surface area contributed by atoms with Gasteiger partial charge in [0, 0.05) is 12.6 Å². The summed E-state index contributed by atoms with van der Waals surface area (Å²) in [6.45, 7) is 5.36. The van der Waals surface area contributed by atoms with E-state index in [1.54, 1.807) is 7.11 Å². The first-order valence-corrected chi connectivity index (χ1v) is 7.36. The number of ether oxygens (including phenoxy) is 2. The Morgan fingerprint density at radius 2 is 2.25 bits per heavy atom. The second-order valence-electron chi connectivity index (χ2n) is 5.50. The zero-order chi connectivity index (χ0) is 13.2. The van der Waals surface area contributed by atoms with Gasteiger partial charge in [-0.25, -0.2) is 0 Å². The van der Waals surface area contributed by atoms with Gasteiger partial charge in [0.2, 0.25) is 0 Å². The van der Waals surface area contributed by atoms with E-state index < -0.39 is 0 Å². The van der Waals surface area contributed by atoms with Crippen LogP contribution < -0.4 is 4.74 Å². The molecule has 0 radical (unpaired) electrons. The third-order valence-electron chi connectivity index (χ3n) is 4.37. The molecule has 3 nitrogen and oxygen atoms in total. The van der Waals surface area contributed by atoms with Crippen LogP contribution >= 0.6 is 12.4 Å². The lowest BCUT2D eigenvalue weighted by Gasteiger charge is -2.44. The number of nitrogens with zero attached hydrogens (tertiary/aromatic N) is 1. The highest BCUT2D eigenvalue weighted by Gasteiger charge is 2.36. The van der Waals surface area contributed by atoms with E-state index >= 15 is 0 Å². The lowest BCUT2D eigenvalue weighted by molar-refractivity contribution is -0.0801. The number of rotatable bonds is 3. The van der Waals surface area contributed by atoms with E-state index in [4.69, 9.17) is 9.47 Å². The van der Waals surface area contributed by atoms with Crippen molar-refractivity contribution in [3.63, 3.8) is 0 Å². The SMILES string of the molecule is CCCN1CCO[C@@H]2c3cc(OC)ccc3CC[C@H]21.Cl. The summed E-state index contributed by atoms with van der Waals surface area (Å²) in [4.78, 5) is 2.61. The number of hydrogen-bond acceptors (Lipinski definition) is 3. The Balaban J connectivity index is 0.00000147. The van der Waals surface area contributed by atoms with Crippen molar-refractivity contribution in [3.8, 4) is 5.75 Å². The van der Waals surface area contributed by atoms with E-state index in [-0.39, 0.29) is 18.5 Å². The second-order valence-corrected chi connectivity index (χ2v) is 5.50. The molecule has 0 bridgehead atoms. The average Bonchev–Trinajstić information content (AvgIpc) is 2.47. The van der Waals surface area contributed by atoms with Gasteiger partial charge in [-0.1, -0.05) is 13.0 Å². The van der Waals surface area contributed by atoms with E-state index in [0.717, 1.165) is 25.3 Å². The molecule has 112 valence electrons. The highest BCUT2D eigenvalue weighted by Crippen LogP contribution is 2.39. The van der Waals surface area contributed by atoms with E-state index in [2.05, 4.69) is 30.0 Å². The zero-order valence-corrected chi connectivity index (χ0v) is 13.1. The molecule has 2 aliphatic rings. The normalized spacial score (nSPS) is 25.3. The molecule has 0 N–H and O–H groups in total. The molecule has 0 spiro atoms. The fraction of sp³-hybridized carbons (Fsp3) is 0.625. The molecule has 2 atom stereocenters. The van der Waals surface area contributed by atoms with Crippen molar-refractivity contribution in [1.29, 1.82) is 0 Å². The van der Waals surface area contributed by atoms with Crippen molar-refractivity contribution < 1.29 is 9.47 Å². The summed E-state index contributed by atoms with van der Waals surface area (Å²) in [5, 5.41) is 0. The van der Waals surface area contributed by atoms with Gasteiger partial charge in [-0.2, -0.15) is 0 Å². The number of morpholine rings is 1. The molecule has 4 heteroatoms. The Morgan fingerprint density at radius 3 is 3.00 bits per heavy atom. The molecule has 1 aromatic carbocycles. The summed E-state index contributed by atoms with van der Waals surface area (Å²) < 4.78 is 11.5. The predicted molar refractivity (Wildman–Crippen MR) is 82.9 cm³/mol. The Labute approximate surface area is 127 Å². The standard InChI is InChI=1S/C16H23NO2.ClH/c1-3-8-17-9-10-19-16-14-11-13(18-2)6-4-12(14)5-7-15(16)17;/h4,6,11,15-16H,3,5,7-10H2,1-2H3;1H/t15-,16-;/m1./s1. The quantitative estimate of drug-likeness (QED) is 0.855. The molecule has 0 aromatic heterocycles. The molecular weight excluding hydrogens is 274 g/mol. The first kappa shape index (κ1) is 15.6. The predicted octanol–water partition coefficient (Wildman–Crippen LogP) is 3.22. The monoisotopic (exact) mass is 297 g/mol. The van der Waals surface area contributed by atoms with E-state index in [1.807, 2.05) is 0 Å². The summed E-state index contributed by atoms with van der Waals surface area (Å²) in [6, 6.07) is 6.98. The number of hydrogen-bond donors (Lipinski definition) is 0. The van der Waals surface area contributed by atoms with E-state index in [1.165, 1.54) is 30.5 Å². The van der Waals surface area contributed by atoms with E-state index in [9.17, 15) is 0 Å². The van der Waals surface area contributed by atoms with Crippen LogP contribution in [-0.2, 0) is 11.2 Å². The minimum Gasteiger partial charge on any atom is -0.497 e. The van der Waals surface area contributed by atoms with Crippen LogP contribution in [0.1, 0.15) is 37.0 Å². The number of aryl methyl sites for hydroxylation is 1. The smallest absolute Gasteiger partial charge is 0.119 e. The lowest BCUT2D eigenvalue weighted by atomic mass is 9.84. The lowest BCUT2D eigenvalue weighted by Crippen LogP contribution is -2.49. The van der Waals surface area contributed by atoms with Crippen LogP contribution in [0.4, 0.5) is 0 Å². The molecular formula is C16H24ClNO2. The fourth-order valence-corrected chi connectivity index (χ4v) is 3.46. The minimum absolute atomic E-state index is 0. The highest BCUT2D eigenvalue weighted by atomic mass is 35.5. The maximum absolute atomic E-state index is 6.09. The molecule has 1 heterocycles. The van der Waals surface area contributed by atoms with Gasteiger partial charge in [0.1, 0.15) is 5.75 Å². The van der Waals surface area contributed by atoms with Crippen molar-refractivity contribution in [2.75, 3.05) is 26.8 Å². The molecule has 0 unspecified atom stereocenters. The van der Waals surface area contributed by atoms with Gasteiger partial charge in [0.25, 0.3) is 0 Å². The van der Waals surface area contributed by atoms with Gasteiger partial charge >= 0.3 is 0 Å². The molecule has 1 fully saturated rings. The van der Waals surface area contributed by atoms with Gasteiger partial charge in [-0.05, 0) is 49.1 Å². The van der Waals surface area contributed by atoms with Gasteiger partial charge in [-0.15, -0.1) is 12.4 Å². The van der Waals surface area contributed by atoms with Crippen molar-refractivity contribution in [3.05, 3.63) is 29.3 Å². The second kappa shape index (κ2) is 6.79. The van der Waals surface area contributed by atoms with E-state index in [0.29, 0.717) is 6.04 Å². The van der Waals surface area contributed by atoms with Crippen molar-refractivity contribution in [1.82, 2.24) is 4.90 Å². The number of fused-ring (bicyclic) bond motifs is 3. The van der Waals surface area contributed by atoms with Gasteiger partial charge < -0.3 is 9.47 Å². The Morgan fingerprint density at radius 1 is 1.40 bits per heavy atom. The number of benzene rings is 1. The summed E-state index contributed by atoms with van der Waals surface area (Å²) >= 11 is 0. The molecule has 0 saturated carbocycles. The van der Waals surface area contributed by atoms with Crippen LogP contribution in [0.25, 0.3) is 0 Å². The zero-order valence-electron chi connectivity index (χ0n) is 12.3. The molecule has 0 amide bonds.